The molecule has 2 amide bonds. The molecule has 5 heteroatoms. The molecule has 5 nitrogen and oxygen atoms in total. The lowest BCUT2D eigenvalue weighted by molar-refractivity contribution is -0.119. The zero-order valence-electron chi connectivity index (χ0n) is 14.0. The van der Waals surface area contributed by atoms with Gasteiger partial charge >= 0.3 is 0 Å². The van der Waals surface area contributed by atoms with Crippen LogP contribution in [0.1, 0.15) is 28.4 Å². The van der Waals surface area contributed by atoms with Crippen molar-refractivity contribution in [2.45, 2.75) is 20.4 Å². The van der Waals surface area contributed by atoms with E-state index in [9.17, 15) is 9.59 Å². The van der Waals surface area contributed by atoms with Crippen LogP contribution in [0.5, 0.6) is 5.75 Å². The molecular weight excluding hydrogens is 304 g/mol. The van der Waals surface area contributed by atoms with Crippen molar-refractivity contribution in [3.63, 3.8) is 0 Å². The molecular formula is C19H22N2O3. The van der Waals surface area contributed by atoms with Gasteiger partial charge in [-0.25, -0.2) is 0 Å². The average molecular weight is 326 g/mol. The zero-order valence-corrected chi connectivity index (χ0v) is 14.0. The monoisotopic (exact) mass is 326 g/mol. The van der Waals surface area contributed by atoms with Crippen molar-refractivity contribution < 1.29 is 14.3 Å². The standard InChI is InChI=1S/C19H22N2O3/c1-3-21(12-15-9-5-4-8-14(15)2)19(23)16-10-6-7-11-17(16)24-13-18(20)22/h4-11H,3,12-13H2,1-2H3,(H2,20,22). The molecule has 0 fully saturated rings. The molecule has 126 valence electrons. The topological polar surface area (TPSA) is 72.6 Å². The van der Waals surface area contributed by atoms with Crippen molar-refractivity contribution in [1.82, 2.24) is 4.90 Å². The lowest BCUT2D eigenvalue weighted by atomic mass is 10.1. The van der Waals surface area contributed by atoms with Crippen LogP contribution in [-0.4, -0.2) is 29.9 Å². The van der Waals surface area contributed by atoms with E-state index in [0.29, 0.717) is 24.4 Å². The Morgan fingerprint density at radius 3 is 2.42 bits per heavy atom. The molecule has 0 spiro atoms. The molecule has 0 saturated carbocycles. The Hall–Kier alpha value is -2.82. The van der Waals surface area contributed by atoms with Gasteiger partial charge in [0.05, 0.1) is 5.56 Å². The van der Waals surface area contributed by atoms with Crippen molar-refractivity contribution in [1.29, 1.82) is 0 Å². The molecule has 0 aromatic heterocycles. The van der Waals surface area contributed by atoms with E-state index in [1.807, 2.05) is 38.1 Å². The SMILES string of the molecule is CCN(Cc1ccccc1C)C(=O)c1ccccc1OCC(N)=O. The summed E-state index contributed by atoms with van der Waals surface area (Å²) in [6.07, 6.45) is 0. The quantitative estimate of drug-likeness (QED) is 0.850. The molecule has 0 unspecified atom stereocenters. The number of carbonyl (C=O) groups excluding carboxylic acids is 2. The molecule has 0 radical (unpaired) electrons. The van der Waals surface area contributed by atoms with Crippen LogP contribution in [0.2, 0.25) is 0 Å². The fourth-order valence-corrected chi connectivity index (χ4v) is 2.41. The van der Waals surface area contributed by atoms with Crippen LogP contribution in [0.15, 0.2) is 48.5 Å². The summed E-state index contributed by atoms with van der Waals surface area (Å²) in [5, 5.41) is 0. The summed E-state index contributed by atoms with van der Waals surface area (Å²) in [6.45, 7) is 4.79. The molecule has 2 N–H and O–H groups in total. The summed E-state index contributed by atoms with van der Waals surface area (Å²) < 4.78 is 5.37. The van der Waals surface area contributed by atoms with Crippen molar-refractivity contribution in [3.8, 4) is 5.75 Å². The van der Waals surface area contributed by atoms with Gasteiger partial charge in [-0.1, -0.05) is 36.4 Å². The Bertz CT molecular complexity index is 728. The number of hydrogen-bond acceptors (Lipinski definition) is 3. The van der Waals surface area contributed by atoms with Gasteiger partial charge in [-0.15, -0.1) is 0 Å². The molecule has 2 aromatic rings. The highest BCUT2D eigenvalue weighted by Gasteiger charge is 2.19. The number of carbonyl (C=O) groups is 2. The Balaban J connectivity index is 2.22. The first kappa shape index (κ1) is 17.5. The summed E-state index contributed by atoms with van der Waals surface area (Å²) in [5.74, 6) is -0.352. The molecule has 24 heavy (non-hydrogen) atoms. The maximum atomic E-state index is 12.9. The minimum absolute atomic E-state index is 0.138. The molecule has 0 aliphatic carbocycles. The lowest BCUT2D eigenvalue weighted by Crippen LogP contribution is -2.31. The van der Waals surface area contributed by atoms with Gasteiger partial charge < -0.3 is 15.4 Å². The highest BCUT2D eigenvalue weighted by molar-refractivity contribution is 5.97. The van der Waals surface area contributed by atoms with Gasteiger partial charge in [0.25, 0.3) is 11.8 Å². The molecule has 0 aliphatic rings. The molecule has 2 rings (SSSR count). The number of hydrogen-bond donors (Lipinski definition) is 1. The Labute approximate surface area is 142 Å². The van der Waals surface area contributed by atoms with Crippen LogP contribution in [0.4, 0.5) is 0 Å². The minimum Gasteiger partial charge on any atom is -0.483 e. The van der Waals surface area contributed by atoms with Gasteiger partial charge in [0, 0.05) is 13.1 Å². The van der Waals surface area contributed by atoms with Crippen LogP contribution in [-0.2, 0) is 11.3 Å². The normalized spacial score (nSPS) is 10.2. The van der Waals surface area contributed by atoms with E-state index in [1.54, 1.807) is 29.2 Å². The molecule has 0 bridgehead atoms. The van der Waals surface area contributed by atoms with Crippen molar-refractivity contribution >= 4 is 11.8 Å². The third-order valence-electron chi connectivity index (χ3n) is 3.78. The van der Waals surface area contributed by atoms with Gasteiger partial charge in [-0.05, 0) is 37.1 Å². The lowest BCUT2D eigenvalue weighted by Gasteiger charge is -2.23. The molecule has 0 heterocycles. The fraction of sp³-hybridized carbons (Fsp3) is 0.263. The second-order valence-electron chi connectivity index (χ2n) is 5.50. The maximum absolute atomic E-state index is 12.9. The number of aryl methyl sites for hydroxylation is 1. The number of nitrogens with zero attached hydrogens (tertiary/aromatic N) is 1. The van der Waals surface area contributed by atoms with Crippen LogP contribution in [0, 0.1) is 6.92 Å². The van der Waals surface area contributed by atoms with Gasteiger partial charge in [-0.3, -0.25) is 9.59 Å². The fourth-order valence-electron chi connectivity index (χ4n) is 2.41. The Morgan fingerprint density at radius 1 is 1.08 bits per heavy atom. The van der Waals surface area contributed by atoms with E-state index in [0.717, 1.165) is 11.1 Å². The predicted molar refractivity (Wildman–Crippen MR) is 92.7 cm³/mol. The zero-order chi connectivity index (χ0) is 17.5. The predicted octanol–water partition coefficient (Wildman–Crippen LogP) is 2.52. The molecule has 0 aliphatic heterocycles. The smallest absolute Gasteiger partial charge is 0.257 e. The van der Waals surface area contributed by atoms with E-state index in [2.05, 4.69) is 0 Å². The summed E-state index contributed by atoms with van der Waals surface area (Å²) in [6, 6.07) is 14.9. The second-order valence-corrected chi connectivity index (χ2v) is 5.50. The van der Waals surface area contributed by atoms with Crippen molar-refractivity contribution in [3.05, 3.63) is 65.2 Å². The Morgan fingerprint density at radius 2 is 1.75 bits per heavy atom. The molecule has 0 saturated heterocycles. The van der Waals surface area contributed by atoms with Crippen molar-refractivity contribution in [2.24, 2.45) is 5.73 Å². The first-order valence-corrected chi connectivity index (χ1v) is 7.86. The molecule has 2 aromatic carbocycles. The van der Waals surface area contributed by atoms with Crippen LogP contribution in [0.25, 0.3) is 0 Å². The van der Waals surface area contributed by atoms with E-state index in [-0.39, 0.29) is 12.5 Å². The van der Waals surface area contributed by atoms with E-state index < -0.39 is 5.91 Å². The van der Waals surface area contributed by atoms with E-state index in [1.165, 1.54) is 0 Å². The van der Waals surface area contributed by atoms with Crippen LogP contribution >= 0.6 is 0 Å². The average Bonchev–Trinajstić information content (AvgIpc) is 2.59. The maximum Gasteiger partial charge on any atom is 0.257 e. The largest absolute Gasteiger partial charge is 0.483 e. The van der Waals surface area contributed by atoms with Crippen LogP contribution in [0.3, 0.4) is 0 Å². The summed E-state index contributed by atoms with van der Waals surface area (Å²) in [4.78, 5) is 25.6. The number of ether oxygens (including phenoxy) is 1. The minimum atomic E-state index is -0.579. The number of rotatable bonds is 7. The first-order chi connectivity index (χ1) is 11.5. The highest BCUT2D eigenvalue weighted by atomic mass is 16.5. The summed E-state index contributed by atoms with van der Waals surface area (Å²) in [5.41, 5.74) is 7.78. The number of para-hydroxylation sites is 1. The number of benzene rings is 2. The number of nitrogens with two attached hydrogens (primary N) is 1. The van der Waals surface area contributed by atoms with E-state index in [4.69, 9.17) is 10.5 Å². The van der Waals surface area contributed by atoms with Gasteiger partial charge in [0.15, 0.2) is 6.61 Å². The van der Waals surface area contributed by atoms with Crippen molar-refractivity contribution in [2.75, 3.05) is 13.2 Å². The van der Waals surface area contributed by atoms with Gasteiger partial charge in [0.2, 0.25) is 0 Å². The third kappa shape index (κ3) is 4.35. The second kappa shape index (κ2) is 8.15. The number of primary amides is 1. The van der Waals surface area contributed by atoms with Gasteiger partial charge in [-0.2, -0.15) is 0 Å². The Kier molecular flexibility index (Phi) is 5.95. The first-order valence-electron chi connectivity index (χ1n) is 7.86. The van der Waals surface area contributed by atoms with Crippen LogP contribution < -0.4 is 10.5 Å². The molecule has 0 atom stereocenters. The summed E-state index contributed by atoms with van der Waals surface area (Å²) >= 11 is 0. The van der Waals surface area contributed by atoms with Gasteiger partial charge in [0.1, 0.15) is 5.75 Å². The number of amides is 2. The summed E-state index contributed by atoms with van der Waals surface area (Å²) in [7, 11) is 0. The van der Waals surface area contributed by atoms with E-state index >= 15 is 0 Å². The third-order valence-corrected chi connectivity index (χ3v) is 3.78. The highest BCUT2D eigenvalue weighted by Crippen LogP contribution is 2.21.